The van der Waals surface area contributed by atoms with Gasteiger partial charge in [-0.1, -0.05) is 54.6 Å². The first kappa shape index (κ1) is 10.7. The van der Waals surface area contributed by atoms with E-state index in [-0.39, 0.29) is 0 Å². The molecule has 84 valence electrons. The van der Waals surface area contributed by atoms with Crippen molar-refractivity contribution in [2.75, 3.05) is 0 Å². The first-order valence-electron chi connectivity index (χ1n) is 5.83. The summed E-state index contributed by atoms with van der Waals surface area (Å²) in [6.45, 7) is 2.22. The molecule has 2 aromatic rings. The number of fused-ring (bicyclic) bond motifs is 1. The molecule has 0 radical (unpaired) electrons. The molecule has 1 aliphatic heterocycles. The van der Waals surface area contributed by atoms with Gasteiger partial charge in [0.15, 0.2) is 0 Å². The summed E-state index contributed by atoms with van der Waals surface area (Å²) >= 11 is 1.95. The molecule has 1 aliphatic rings. The van der Waals surface area contributed by atoms with E-state index in [4.69, 9.17) is 0 Å². The number of allylic oxidation sites excluding steroid dienone is 1. The Morgan fingerprint density at radius 1 is 0.941 bits per heavy atom. The van der Waals surface area contributed by atoms with Gasteiger partial charge in [-0.15, -0.1) is 11.8 Å². The van der Waals surface area contributed by atoms with Crippen LogP contribution in [0.2, 0.25) is 0 Å². The van der Waals surface area contributed by atoms with Crippen LogP contribution in [-0.4, -0.2) is 0 Å². The van der Waals surface area contributed by atoms with Crippen LogP contribution < -0.4 is 0 Å². The molecule has 0 aromatic heterocycles. The largest absolute Gasteiger partial charge is 0.120 e. The van der Waals surface area contributed by atoms with E-state index >= 15 is 0 Å². The molecule has 0 amide bonds. The fraction of sp³-hybridized carbons (Fsp3) is 0.125. The summed E-state index contributed by atoms with van der Waals surface area (Å²) in [5.74, 6) is 1.11. The molecule has 0 saturated carbocycles. The van der Waals surface area contributed by atoms with Crippen molar-refractivity contribution < 1.29 is 0 Å². The average Bonchev–Trinajstić information content (AvgIpc) is 2.83. The fourth-order valence-corrected chi connectivity index (χ4v) is 3.47. The minimum atomic E-state index is 1.11. The van der Waals surface area contributed by atoms with E-state index in [1.165, 1.54) is 27.2 Å². The van der Waals surface area contributed by atoms with Crippen LogP contribution in [0, 0.1) is 0 Å². The Morgan fingerprint density at radius 2 is 1.65 bits per heavy atom. The molecule has 0 unspecified atom stereocenters. The topological polar surface area (TPSA) is 0 Å². The van der Waals surface area contributed by atoms with Crippen LogP contribution in [-0.2, 0) is 5.75 Å². The van der Waals surface area contributed by atoms with Gasteiger partial charge in [0.05, 0.1) is 0 Å². The monoisotopic (exact) mass is 238 g/mol. The zero-order valence-electron chi connectivity index (χ0n) is 9.81. The summed E-state index contributed by atoms with van der Waals surface area (Å²) in [4.78, 5) is 1.44. The van der Waals surface area contributed by atoms with Gasteiger partial charge in [0.25, 0.3) is 0 Å². The van der Waals surface area contributed by atoms with Crippen LogP contribution in [0.3, 0.4) is 0 Å². The molecule has 17 heavy (non-hydrogen) atoms. The van der Waals surface area contributed by atoms with Gasteiger partial charge in [-0.25, -0.2) is 0 Å². The number of rotatable bonds is 1. The van der Waals surface area contributed by atoms with Gasteiger partial charge in [-0.05, 0) is 29.2 Å². The van der Waals surface area contributed by atoms with Crippen molar-refractivity contribution in [1.82, 2.24) is 0 Å². The summed E-state index contributed by atoms with van der Waals surface area (Å²) in [6.07, 6.45) is 0. The van der Waals surface area contributed by atoms with Crippen molar-refractivity contribution >= 4 is 22.2 Å². The molecule has 1 heterocycles. The molecule has 0 spiro atoms. The molecule has 0 fully saturated rings. The van der Waals surface area contributed by atoms with Crippen LogP contribution in [0.4, 0.5) is 0 Å². The third-order valence-electron chi connectivity index (χ3n) is 3.18. The highest BCUT2D eigenvalue weighted by Crippen LogP contribution is 2.44. The maximum absolute atomic E-state index is 2.23. The zero-order chi connectivity index (χ0) is 11.7. The van der Waals surface area contributed by atoms with Crippen LogP contribution in [0.15, 0.2) is 54.6 Å². The minimum absolute atomic E-state index is 1.11. The highest BCUT2D eigenvalue weighted by atomic mass is 32.2. The summed E-state index contributed by atoms with van der Waals surface area (Å²) in [7, 11) is 0. The lowest BCUT2D eigenvalue weighted by Crippen LogP contribution is -1.84. The first-order valence-corrected chi connectivity index (χ1v) is 6.82. The fourth-order valence-electron chi connectivity index (χ4n) is 2.22. The lowest BCUT2D eigenvalue weighted by molar-refractivity contribution is 1.42. The van der Waals surface area contributed by atoms with Gasteiger partial charge in [-0.3, -0.25) is 0 Å². The van der Waals surface area contributed by atoms with E-state index < -0.39 is 0 Å². The summed E-state index contributed by atoms with van der Waals surface area (Å²) in [5, 5.41) is 0. The minimum Gasteiger partial charge on any atom is -0.120 e. The van der Waals surface area contributed by atoms with Gasteiger partial charge in [0, 0.05) is 10.7 Å². The normalized spacial score (nSPS) is 16.8. The Hall–Kier alpha value is -1.47. The number of thioether (sulfide) groups is 1. The van der Waals surface area contributed by atoms with Crippen LogP contribution in [0.1, 0.15) is 23.6 Å². The molecular weight excluding hydrogens is 224 g/mol. The standard InChI is InChI=1S/C16H14S/c1-12(13-7-3-2-4-8-13)16-15-10-6-5-9-14(15)11-17-16/h2-10H,11H2,1H3/b16-12+. The molecular formula is C16H14S. The Bertz CT molecular complexity index is 567. The lowest BCUT2D eigenvalue weighted by Gasteiger charge is -2.07. The Morgan fingerprint density at radius 3 is 2.47 bits per heavy atom. The van der Waals surface area contributed by atoms with Crippen LogP contribution in [0.25, 0.3) is 10.5 Å². The second-order valence-corrected chi connectivity index (χ2v) is 5.25. The molecule has 0 aliphatic carbocycles. The number of hydrogen-bond acceptors (Lipinski definition) is 1. The molecule has 0 saturated heterocycles. The predicted octanol–water partition coefficient (Wildman–Crippen LogP) is 4.82. The van der Waals surface area contributed by atoms with E-state index in [1.807, 2.05) is 11.8 Å². The van der Waals surface area contributed by atoms with Crippen molar-refractivity contribution in [2.24, 2.45) is 0 Å². The average molecular weight is 238 g/mol. The van der Waals surface area contributed by atoms with Crippen LogP contribution in [0.5, 0.6) is 0 Å². The second kappa shape index (κ2) is 4.42. The van der Waals surface area contributed by atoms with Crippen molar-refractivity contribution in [3.63, 3.8) is 0 Å². The second-order valence-electron chi connectivity index (χ2n) is 4.27. The van der Waals surface area contributed by atoms with E-state index in [0.717, 1.165) is 5.75 Å². The SMILES string of the molecule is C/C(=C1\SCc2ccccc21)c1ccccc1. The van der Waals surface area contributed by atoms with Crippen molar-refractivity contribution in [3.05, 3.63) is 71.3 Å². The summed E-state index contributed by atoms with van der Waals surface area (Å²) in [5.41, 5.74) is 5.59. The van der Waals surface area contributed by atoms with Gasteiger partial charge >= 0.3 is 0 Å². The third-order valence-corrected chi connectivity index (χ3v) is 4.45. The van der Waals surface area contributed by atoms with Crippen molar-refractivity contribution in [3.8, 4) is 0 Å². The van der Waals surface area contributed by atoms with Gasteiger partial charge in [-0.2, -0.15) is 0 Å². The smallest absolute Gasteiger partial charge is 0.0238 e. The number of benzene rings is 2. The van der Waals surface area contributed by atoms with Gasteiger partial charge in [0.1, 0.15) is 0 Å². The predicted molar refractivity (Wildman–Crippen MR) is 76.7 cm³/mol. The summed E-state index contributed by atoms with van der Waals surface area (Å²) < 4.78 is 0. The van der Waals surface area contributed by atoms with E-state index in [9.17, 15) is 0 Å². The Balaban J connectivity index is 2.12. The molecule has 1 heteroatoms. The lowest BCUT2D eigenvalue weighted by atomic mass is 10.0. The van der Waals surface area contributed by atoms with Gasteiger partial charge < -0.3 is 0 Å². The third kappa shape index (κ3) is 1.91. The maximum atomic E-state index is 2.23. The quantitative estimate of drug-likeness (QED) is 0.686. The Labute approximate surface area is 106 Å². The molecule has 3 rings (SSSR count). The van der Waals surface area contributed by atoms with Crippen molar-refractivity contribution in [1.29, 1.82) is 0 Å². The maximum Gasteiger partial charge on any atom is 0.0238 e. The number of hydrogen-bond donors (Lipinski definition) is 0. The molecule has 0 N–H and O–H groups in total. The molecule has 0 nitrogen and oxygen atoms in total. The van der Waals surface area contributed by atoms with E-state index in [2.05, 4.69) is 61.5 Å². The molecule has 0 atom stereocenters. The summed E-state index contributed by atoms with van der Waals surface area (Å²) in [6, 6.07) is 19.4. The molecule has 2 aromatic carbocycles. The Kier molecular flexibility index (Phi) is 2.77. The van der Waals surface area contributed by atoms with Crippen LogP contribution >= 0.6 is 11.8 Å². The van der Waals surface area contributed by atoms with Gasteiger partial charge in [0.2, 0.25) is 0 Å². The van der Waals surface area contributed by atoms with E-state index in [1.54, 1.807) is 0 Å². The van der Waals surface area contributed by atoms with E-state index in [0.29, 0.717) is 0 Å². The zero-order valence-corrected chi connectivity index (χ0v) is 10.6. The molecule has 0 bridgehead atoms. The first-order chi connectivity index (χ1) is 8.36. The van der Waals surface area contributed by atoms with Crippen molar-refractivity contribution in [2.45, 2.75) is 12.7 Å². The highest BCUT2D eigenvalue weighted by Gasteiger charge is 2.18. The highest BCUT2D eigenvalue weighted by molar-refractivity contribution is 8.08.